The summed E-state index contributed by atoms with van der Waals surface area (Å²) in [4.78, 5) is 24.9. The molecule has 1 amide bonds. The van der Waals surface area contributed by atoms with Crippen LogP contribution in [0.3, 0.4) is 0 Å². The lowest BCUT2D eigenvalue weighted by molar-refractivity contribution is -0.118. The van der Waals surface area contributed by atoms with Crippen LogP contribution in [0.15, 0.2) is 80.6 Å². The summed E-state index contributed by atoms with van der Waals surface area (Å²) in [6.07, 6.45) is 1.24. The molecule has 0 spiro atoms. The molecule has 6 nitrogen and oxygen atoms in total. The summed E-state index contributed by atoms with van der Waals surface area (Å²) in [6, 6.07) is 16.7. The van der Waals surface area contributed by atoms with Gasteiger partial charge in [0.25, 0.3) is 5.91 Å². The van der Waals surface area contributed by atoms with E-state index in [1.165, 1.54) is 12.3 Å². The van der Waals surface area contributed by atoms with Gasteiger partial charge >= 0.3 is 0 Å². The number of ether oxygens (including phenoxy) is 2. The number of carbonyl (C=O) groups is 1. The highest BCUT2D eigenvalue weighted by Gasteiger charge is 2.13. The zero-order valence-corrected chi connectivity index (χ0v) is 19.3. The molecule has 4 aromatic rings. The smallest absolute Gasteiger partial charge is 0.262 e. The van der Waals surface area contributed by atoms with E-state index in [0.717, 1.165) is 0 Å². The molecule has 1 N–H and O–H groups in total. The molecule has 32 heavy (non-hydrogen) atoms. The third-order valence-corrected chi connectivity index (χ3v) is 5.84. The first-order valence-corrected chi connectivity index (χ1v) is 10.8. The number of hydrogen-bond acceptors (Lipinski definition) is 5. The van der Waals surface area contributed by atoms with E-state index in [9.17, 15) is 9.59 Å². The summed E-state index contributed by atoms with van der Waals surface area (Å²) in [7, 11) is 0. The average Bonchev–Trinajstić information content (AvgIpc) is 2.79. The van der Waals surface area contributed by atoms with E-state index < -0.39 is 5.91 Å². The number of para-hydroxylation sites is 1. The summed E-state index contributed by atoms with van der Waals surface area (Å²) in [5.74, 6) is 0.473. The van der Waals surface area contributed by atoms with Crippen molar-refractivity contribution in [1.29, 1.82) is 0 Å². The first-order valence-electron chi connectivity index (χ1n) is 9.27. The van der Waals surface area contributed by atoms with Crippen LogP contribution in [0.25, 0.3) is 11.0 Å². The molecule has 0 atom stereocenters. The van der Waals surface area contributed by atoms with Gasteiger partial charge in [-0.2, -0.15) is 0 Å². The van der Waals surface area contributed by atoms with Crippen molar-refractivity contribution in [3.63, 3.8) is 0 Å². The van der Waals surface area contributed by atoms with Crippen molar-refractivity contribution in [1.82, 2.24) is 0 Å². The molecule has 0 fully saturated rings. The maximum atomic E-state index is 12.8. The predicted molar refractivity (Wildman–Crippen MR) is 127 cm³/mol. The van der Waals surface area contributed by atoms with Gasteiger partial charge in [0.2, 0.25) is 11.2 Å². The number of carbonyl (C=O) groups excluding carboxylic acids is 1. The Morgan fingerprint density at radius 2 is 1.84 bits per heavy atom. The first-order chi connectivity index (χ1) is 15.4. The Kier molecular flexibility index (Phi) is 6.69. The fourth-order valence-corrected chi connectivity index (χ4v) is 3.55. The number of hydrogen-bond donors (Lipinski definition) is 1. The van der Waals surface area contributed by atoms with Gasteiger partial charge < -0.3 is 19.2 Å². The molecule has 0 aliphatic rings. The van der Waals surface area contributed by atoms with E-state index in [1.807, 2.05) is 6.07 Å². The highest BCUT2D eigenvalue weighted by Crippen LogP contribution is 2.30. The van der Waals surface area contributed by atoms with Gasteiger partial charge in [-0.15, -0.1) is 0 Å². The zero-order valence-electron chi connectivity index (χ0n) is 16.2. The second-order valence-corrected chi connectivity index (χ2v) is 8.20. The van der Waals surface area contributed by atoms with Gasteiger partial charge in [-0.3, -0.25) is 9.59 Å². The van der Waals surface area contributed by atoms with Crippen LogP contribution in [0.1, 0.15) is 0 Å². The number of amides is 1. The fraction of sp³-hybridized carbons (Fsp3) is 0.0435. The van der Waals surface area contributed by atoms with E-state index in [2.05, 4.69) is 21.2 Å². The van der Waals surface area contributed by atoms with E-state index >= 15 is 0 Å². The molecule has 0 radical (unpaired) electrons. The summed E-state index contributed by atoms with van der Waals surface area (Å²) in [6.45, 7) is -0.276. The first kappa shape index (κ1) is 22.2. The van der Waals surface area contributed by atoms with Crippen LogP contribution in [0.5, 0.6) is 17.2 Å². The highest BCUT2D eigenvalue weighted by atomic mass is 79.9. The molecule has 162 valence electrons. The van der Waals surface area contributed by atoms with Crippen LogP contribution in [-0.2, 0) is 4.79 Å². The summed E-state index contributed by atoms with van der Waals surface area (Å²) in [5, 5.41) is 3.52. The summed E-state index contributed by atoms with van der Waals surface area (Å²) < 4.78 is 17.5. The molecular formula is C23H14BrCl2NO5. The predicted octanol–water partition coefficient (Wildman–Crippen LogP) is 6.67. The maximum absolute atomic E-state index is 12.8. The topological polar surface area (TPSA) is 77.8 Å². The lowest BCUT2D eigenvalue weighted by Crippen LogP contribution is -2.20. The Hall–Kier alpha value is -3.00. The second kappa shape index (κ2) is 9.65. The largest absolute Gasteiger partial charge is 0.484 e. The van der Waals surface area contributed by atoms with Crippen molar-refractivity contribution < 1.29 is 18.7 Å². The molecule has 1 heterocycles. The number of benzene rings is 3. The molecule has 0 bridgehead atoms. The summed E-state index contributed by atoms with van der Waals surface area (Å²) >= 11 is 15.4. The number of halogens is 3. The Morgan fingerprint density at radius 1 is 1.03 bits per heavy atom. The maximum Gasteiger partial charge on any atom is 0.262 e. The van der Waals surface area contributed by atoms with Crippen molar-refractivity contribution in [2.75, 3.05) is 11.9 Å². The van der Waals surface area contributed by atoms with E-state index in [4.69, 9.17) is 37.1 Å². The van der Waals surface area contributed by atoms with Gasteiger partial charge in [-0.05, 0) is 52.3 Å². The highest BCUT2D eigenvalue weighted by molar-refractivity contribution is 9.10. The molecule has 0 aliphatic heterocycles. The van der Waals surface area contributed by atoms with Crippen LogP contribution in [0.4, 0.5) is 5.69 Å². The molecule has 3 aromatic carbocycles. The Morgan fingerprint density at radius 3 is 2.66 bits per heavy atom. The van der Waals surface area contributed by atoms with E-state index in [1.54, 1.807) is 48.5 Å². The minimum absolute atomic E-state index is 0.0517. The van der Waals surface area contributed by atoms with Crippen LogP contribution in [0.2, 0.25) is 10.0 Å². The minimum atomic E-state index is -0.423. The molecule has 4 rings (SSSR count). The van der Waals surface area contributed by atoms with Crippen molar-refractivity contribution >= 4 is 61.7 Å². The SMILES string of the molecule is O=C(COc1ccc2c(=O)c(Oc3ccccc3Br)coc2c1)Nc1cccc(Cl)c1Cl. The average molecular weight is 535 g/mol. The van der Waals surface area contributed by atoms with Crippen LogP contribution >= 0.6 is 39.1 Å². The molecular weight excluding hydrogens is 521 g/mol. The normalized spacial score (nSPS) is 10.7. The van der Waals surface area contributed by atoms with Gasteiger partial charge in [0.1, 0.15) is 23.3 Å². The number of fused-ring (bicyclic) bond motifs is 1. The molecule has 0 unspecified atom stereocenters. The number of nitrogens with one attached hydrogen (secondary N) is 1. The third kappa shape index (κ3) is 4.91. The second-order valence-electron chi connectivity index (χ2n) is 6.56. The van der Waals surface area contributed by atoms with Crippen LogP contribution in [0, 0.1) is 0 Å². The Balaban J connectivity index is 1.47. The molecule has 0 aliphatic carbocycles. The van der Waals surface area contributed by atoms with Crippen molar-refractivity contribution in [3.8, 4) is 17.2 Å². The van der Waals surface area contributed by atoms with E-state index in [0.29, 0.717) is 37.7 Å². The lowest BCUT2D eigenvalue weighted by Gasteiger charge is -2.10. The number of rotatable bonds is 6. The monoisotopic (exact) mass is 533 g/mol. The van der Waals surface area contributed by atoms with Gasteiger partial charge in [0.15, 0.2) is 6.61 Å². The molecule has 1 aromatic heterocycles. The molecule has 0 saturated carbocycles. The Bertz CT molecular complexity index is 1370. The molecule has 9 heteroatoms. The third-order valence-electron chi connectivity index (χ3n) is 4.37. The van der Waals surface area contributed by atoms with Crippen molar-refractivity contribution in [3.05, 3.63) is 91.7 Å². The summed E-state index contributed by atoms with van der Waals surface area (Å²) in [5.41, 5.74) is 0.349. The Labute approximate surface area is 200 Å². The minimum Gasteiger partial charge on any atom is -0.484 e. The van der Waals surface area contributed by atoms with Crippen molar-refractivity contribution in [2.24, 2.45) is 0 Å². The van der Waals surface area contributed by atoms with Gasteiger partial charge in [-0.1, -0.05) is 41.4 Å². The zero-order chi connectivity index (χ0) is 22.7. The van der Waals surface area contributed by atoms with E-state index in [-0.39, 0.29) is 22.8 Å². The quantitative estimate of drug-likeness (QED) is 0.299. The van der Waals surface area contributed by atoms with Crippen LogP contribution in [-0.4, -0.2) is 12.5 Å². The van der Waals surface area contributed by atoms with Crippen LogP contribution < -0.4 is 20.2 Å². The lowest BCUT2D eigenvalue weighted by atomic mass is 10.2. The fourth-order valence-electron chi connectivity index (χ4n) is 2.83. The number of anilines is 1. The molecule has 0 saturated heterocycles. The van der Waals surface area contributed by atoms with Gasteiger partial charge in [0, 0.05) is 6.07 Å². The van der Waals surface area contributed by atoms with Gasteiger partial charge in [0.05, 0.1) is 25.6 Å². The standard InChI is InChI=1S/C23H14BrCl2NO5/c24-15-4-1-2-7-18(15)32-20-11-31-19-10-13(8-9-14(19)23(20)29)30-12-21(28)27-17-6-3-5-16(25)22(17)26/h1-11H,12H2,(H,27,28). The van der Waals surface area contributed by atoms with Gasteiger partial charge in [-0.25, -0.2) is 0 Å². The van der Waals surface area contributed by atoms with Crippen molar-refractivity contribution in [2.45, 2.75) is 0 Å².